The van der Waals surface area contributed by atoms with Crippen LogP contribution < -0.4 is 10.1 Å². The van der Waals surface area contributed by atoms with E-state index in [1.807, 2.05) is 0 Å². The van der Waals surface area contributed by atoms with E-state index in [9.17, 15) is 4.79 Å². The van der Waals surface area contributed by atoms with Gasteiger partial charge in [-0.1, -0.05) is 20.8 Å². The van der Waals surface area contributed by atoms with E-state index >= 15 is 0 Å². The maximum Gasteiger partial charge on any atom is 0.251 e. The maximum atomic E-state index is 12.0. The van der Waals surface area contributed by atoms with Crippen molar-refractivity contribution in [1.82, 2.24) is 10.3 Å². The third kappa shape index (κ3) is 4.31. The molecule has 4 nitrogen and oxygen atoms in total. The first-order chi connectivity index (χ1) is 10.4. The molecule has 1 heterocycles. The van der Waals surface area contributed by atoms with Gasteiger partial charge in [0.2, 0.25) is 0 Å². The lowest BCUT2D eigenvalue weighted by molar-refractivity contribution is 0.0954. The first-order valence-corrected chi connectivity index (χ1v) is 8.15. The van der Waals surface area contributed by atoms with Gasteiger partial charge in [0.05, 0.1) is 17.8 Å². The van der Waals surface area contributed by atoms with Crippen molar-refractivity contribution in [2.24, 2.45) is 0 Å². The van der Waals surface area contributed by atoms with E-state index in [2.05, 4.69) is 36.5 Å². The summed E-state index contributed by atoms with van der Waals surface area (Å²) in [6.07, 6.45) is 0.753. The minimum atomic E-state index is -0.0738. The van der Waals surface area contributed by atoms with Crippen LogP contribution in [-0.2, 0) is 11.8 Å². The molecular formula is C17H22N2O2S. The average molecular weight is 318 g/mol. The molecule has 5 heteroatoms. The molecule has 2 rings (SSSR count). The summed E-state index contributed by atoms with van der Waals surface area (Å²) in [6.45, 7) is 7.04. The van der Waals surface area contributed by atoms with E-state index < -0.39 is 0 Å². The molecule has 118 valence electrons. The van der Waals surface area contributed by atoms with Crippen LogP contribution >= 0.6 is 11.3 Å². The summed E-state index contributed by atoms with van der Waals surface area (Å²) < 4.78 is 5.08. The number of nitrogens with zero attached hydrogens (tertiary/aromatic N) is 1. The van der Waals surface area contributed by atoms with Crippen molar-refractivity contribution in [3.05, 3.63) is 45.9 Å². The molecule has 1 aromatic carbocycles. The lowest BCUT2D eigenvalue weighted by atomic mass is 9.93. The Morgan fingerprint density at radius 2 is 1.95 bits per heavy atom. The van der Waals surface area contributed by atoms with E-state index in [0.717, 1.165) is 22.9 Å². The van der Waals surface area contributed by atoms with Gasteiger partial charge in [-0.25, -0.2) is 4.98 Å². The highest BCUT2D eigenvalue weighted by molar-refractivity contribution is 7.09. The zero-order chi connectivity index (χ0) is 16.2. The standard InChI is InChI=1S/C17H22N2O2S/c1-17(2,3)14-11-22-15(19-14)9-10-18-16(20)12-5-7-13(21-4)8-6-12/h5-8,11H,9-10H2,1-4H3,(H,18,20). The third-order valence-corrected chi connectivity index (χ3v) is 4.21. The van der Waals surface area contributed by atoms with Gasteiger partial charge in [0, 0.05) is 29.3 Å². The number of carbonyl (C=O) groups excluding carboxylic acids is 1. The Labute approximate surface area is 135 Å². The molecule has 2 aromatic rings. The number of benzene rings is 1. The van der Waals surface area contributed by atoms with Crippen LogP contribution in [0, 0.1) is 0 Å². The van der Waals surface area contributed by atoms with Crippen molar-refractivity contribution < 1.29 is 9.53 Å². The van der Waals surface area contributed by atoms with E-state index in [4.69, 9.17) is 4.74 Å². The Kier molecular flexibility index (Phi) is 5.19. The molecule has 0 atom stereocenters. The van der Waals surface area contributed by atoms with Crippen LogP contribution in [0.25, 0.3) is 0 Å². The van der Waals surface area contributed by atoms with Crippen LogP contribution in [0.15, 0.2) is 29.6 Å². The summed E-state index contributed by atoms with van der Waals surface area (Å²) in [5, 5.41) is 6.07. The van der Waals surface area contributed by atoms with Gasteiger partial charge in [0.1, 0.15) is 5.75 Å². The van der Waals surface area contributed by atoms with Gasteiger partial charge in [-0.3, -0.25) is 4.79 Å². The quantitative estimate of drug-likeness (QED) is 0.919. The number of amides is 1. The molecular weight excluding hydrogens is 296 g/mol. The second-order valence-corrected chi connectivity index (χ2v) is 7.05. The lowest BCUT2D eigenvalue weighted by Gasteiger charge is -2.14. The van der Waals surface area contributed by atoms with E-state index in [1.165, 1.54) is 0 Å². The molecule has 0 radical (unpaired) electrons. The number of thiazole rings is 1. The fourth-order valence-electron chi connectivity index (χ4n) is 1.90. The zero-order valence-corrected chi connectivity index (χ0v) is 14.3. The smallest absolute Gasteiger partial charge is 0.251 e. The summed E-state index contributed by atoms with van der Waals surface area (Å²) >= 11 is 1.65. The summed E-state index contributed by atoms with van der Waals surface area (Å²) in [4.78, 5) is 16.7. The molecule has 0 spiro atoms. The molecule has 0 aliphatic rings. The highest BCUT2D eigenvalue weighted by Gasteiger charge is 2.17. The Morgan fingerprint density at radius 3 is 2.50 bits per heavy atom. The molecule has 22 heavy (non-hydrogen) atoms. The monoisotopic (exact) mass is 318 g/mol. The lowest BCUT2D eigenvalue weighted by Crippen LogP contribution is -2.25. The maximum absolute atomic E-state index is 12.0. The van der Waals surface area contributed by atoms with Crippen LogP contribution in [0.4, 0.5) is 0 Å². The number of hydrogen-bond donors (Lipinski definition) is 1. The number of carbonyl (C=O) groups is 1. The fraction of sp³-hybridized carbons (Fsp3) is 0.412. The van der Waals surface area contributed by atoms with Crippen molar-refractivity contribution >= 4 is 17.2 Å². The van der Waals surface area contributed by atoms with E-state index in [1.54, 1.807) is 42.7 Å². The predicted octanol–water partition coefficient (Wildman–Crippen LogP) is 3.42. The fourth-order valence-corrected chi connectivity index (χ4v) is 2.92. The number of nitrogens with one attached hydrogen (secondary N) is 1. The Morgan fingerprint density at radius 1 is 1.27 bits per heavy atom. The Bertz CT molecular complexity index is 627. The highest BCUT2D eigenvalue weighted by Crippen LogP contribution is 2.23. The highest BCUT2D eigenvalue weighted by atomic mass is 32.1. The minimum absolute atomic E-state index is 0.0705. The van der Waals surface area contributed by atoms with Gasteiger partial charge in [0.15, 0.2) is 0 Å². The number of ether oxygens (including phenoxy) is 1. The molecule has 0 aliphatic heterocycles. The van der Waals surface area contributed by atoms with Crippen LogP contribution in [0.5, 0.6) is 5.75 Å². The van der Waals surface area contributed by atoms with Crippen molar-refractivity contribution in [2.75, 3.05) is 13.7 Å². The summed E-state index contributed by atoms with van der Waals surface area (Å²) in [6, 6.07) is 7.08. The summed E-state index contributed by atoms with van der Waals surface area (Å²) in [5.41, 5.74) is 1.81. The Hall–Kier alpha value is -1.88. The van der Waals surface area contributed by atoms with Gasteiger partial charge < -0.3 is 10.1 Å². The topological polar surface area (TPSA) is 51.2 Å². The molecule has 0 saturated carbocycles. The van der Waals surface area contributed by atoms with Gasteiger partial charge in [0.25, 0.3) is 5.91 Å². The first-order valence-electron chi connectivity index (χ1n) is 7.27. The molecule has 0 bridgehead atoms. The van der Waals surface area contributed by atoms with Crippen molar-refractivity contribution in [3.8, 4) is 5.75 Å². The Balaban J connectivity index is 1.85. The average Bonchev–Trinajstić information content (AvgIpc) is 2.96. The minimum Gasteiger partial charge on any atom is -0.497 e. The number of aromatic nitrogens is 1. The zero-order valence-electron chi connectivity index (χ0n) is 13.5. The van der Waals surface area contributed by atoms with Crippen molar-refractivity contribution in [1.29, 1.82) is 0 Å². The van der Waals surface area contributed by atoms with Gasteiger partial charge in [-0.2, -0.15) is 0 Å². The summed E-state index contributed by atoms with van der Waals surface area (Å²) in [7, 11) is 1.61. The first kappa shape index (κ1) is 16.5. The summed E-state index contributed by atoms with van der Waals surface area (Å²) in [5.74, 6) is 0.671. The third-order valence-electron chi connectivity index (χ3n) is 3.30. The SMILES string of the molecule is COc1ccc(C(=O)NCCc2nc(C(C)(C)C)cs2)cc1. The molecule has 0 fully saturated rings. The van der Waals surface area contributed by atoms with Crippen LogP contribution in [0.1, 0.15) is 41.8 Å². The number of methoxy groups -OCH3 is 1. The molecule has 0 unspecified atom stereocenters. The van der Waals surface area contributed by atoms with Crippen LogP contribution in [-0.4, -0.2) is 24.5 Å². The largest absolute Gasteiger partial charge is 0.497 e. The number of rotatable bonds is 5. The predicted molar refractivity (Wildman–Crippen MR) is 89.8 cm³/mol. The van der Waals surface area contributed by atoms with Gasteiger partial charge in [-0.15, -0.1) is 11.3 Å². The second-order valence-electron chi connectivity index (χ2n) is 6.11. The molecule has 1 aromatic heterocycles. The molecule has 0 aliphatic carbocycles. The normalized spacial score (nSPS) is 11.3. The van der Waals surface area contributed by atoms with E-state index in [-0.39, 0.29) is 11.3 Å². The van der Waals surface area contributed by atoms with Crippen molar-refractivity contribution in [3.63, 3.8) is 0 Å². The molecule has 1 N–H and O–H groups in total. The van der Waals surface area contributed by atoms with Crippen LogP contribution in [0.3, 0.4) is 0 Å². The van der Waals surface area contributed by atoms with Gasteiger partial charge in [-0.05, 0) is 24.3 Å². The van der Waals surface area contributed by atoms with E-state index in [0.29, 0.717) is 12.1 Å². The van der Waals surface area contributed by atoms with Crippen molar-refractivity contribution in [2.45, 2.75) is 32.6 Å². The molecule has 0 saturated heterocycles. The second kappa shape index (κ2) is 6.92. The number of hydrogen-bond acceptors (Lipinski definition) is 4. The van der Waals surface area contributed by atoms with Crippen LogP contribution in [0.2, 0.25) is 0 Å². The molecule has 1 amide bonds. The van der Waals surface area contributed by atoms with Gasteiger partial charge >= 0.3 is 0 Å².